The lowest BCUT2D eigenvalue weighted by molar-refractivity contribution is -0.114. The summed E-state index contributed by atoms with van der Waals surface area (Å²) in [6, 6.07) is 6.30. The molecule has 1 aromatic carbocycles. The van der Waals surface area contributed by atoms with E-state index in [0.29, 0.717) is 17.9 Å². The fraction of sp³-hybridized carbons (Fsp3) is 0.478. The number of imidazole rings is 1. The zero-order chi connectivity index (χ0) is 24.8. The fourth-order valence-electron chi connectivity index (χ4n) is 2.73. The number of H-pyrrole nitrogens is 1. The van der Waals surface area contributed by atoms with Crippen LogP contribution in [0.25, 0.3) is 0 Å². The number of benzene rings is 1. The summed E-state index contributed by atoms with van der Waals surface area (Å²) in [5.41, 5.74) is 0.115. The largest absolute Gasteiger partial charge is 0.514 e. The molecule has 10 nitrogen and oxygen atoms in total. The van der Waals surface area contributed by atoms with Gasteiger partial charge in [-0.15, -0.1) is 0 Å². The molecule has 0 radical (unpaired) electrons. The second-order valence-electron chi connectivity index (χ2n) is 9.48. The Balaban J connectivity index is 2.14. The third kappa shape index (κ3) is 9.63. The number of anilines is 1. The molecule has 0 spiro atoms. The van der Waals surface area contributed by atoms with E-state index >= 15 is 0 Å². The predicted molar refractivity (Wildman–Crippen MR) is 122 cm³/mol. The average Bonchev–Trinajstić information content (AvgIpc) is 3.07. The summed E-state index contributed by atoms with van der Waals surface area (Å²) in [4.78, 5) is 42.7. The van der Waals surface area contributed by atoms with Gasteiger partial charge in [0, 0.05) is 6.92 Å². The van der Waals surface area contributed by atoms with E-state index in [1.54, 1.807) is 65.8 Å². The maximum absolute atomic E-state index is 12.4. The number of carbonyl (C=O) groups is 3. The molecule has 0 aliphatic heterocycles. The van der Waals surface area contributed by atoms with Gasteiger partial charge in [-0.2, -0.15) is 0 Å². The number of carbonyl (C=O) groups excluding carboxylic acids is 3. The smallest absolute Gasteiger partial charge is 0.444 e. The van der Waals surface area contributed by atoms with Gasteiger partial charge in [-0.25, -0.2) is 14.6 Å². The van der Waals surface area contributed by atoms with E-state index in [2.05, 4.69) is 20.6 Å². The molecule has 2 amide bonds. The Morgan fingerprint density at radius 3 is 2.15 bits per heavy atom. The number of amides is 2. The predicted octanol–water partition coefficient (Wildman–Crippen LogP) is 4.49. The standard InChI is InChI=1S/C23H32N4O6/c1-14(28)25-19-24-13-18(26-19)17(27-20(29)32-22(2,3)4)12-15-8-10-16(11-9-15)31-21(30)33-23(5,6)7/h8-11,13,17H,12H2,1-7H3,(H,27,29)(H2,24,25,26,28)/t17-/m0/s1. The number of aromatic nitrogens is 2. The van der Waals surface area contributed by atoms with Crippen LogP contribution in [0.3, 0.4) is 0 Å². The highest BCUT2D eigenvalue weighted by Crippen LogP contribution is 2.22. The van der Waals surface area contributed by atoms with Crippen LogP contribution in [0.5, 0.6) is 5.75 Å². The summed E-state index contributed by atoms with van der Waals surface area (Å²) in [5.74, 6) is 0.335. The van der Waals surface area contributed by atoms with E-state index < -0.39 is 29.5 Å². The van der Waals surface area contributed by atoms with Gasteiger partial charge in [0.1, 0.15) is 17.0 Å². The van der Waals surface area contributed by atoms with Crippen LogP contribution < -0.4 is 15.4 Å². The average molecular weight is 461 g/mol. The number of aromatic amines is 1. The van der Waals surface area contributed by atoms with Gasteiger partial charge in [0.2, 0.25) is 11.9 Å². The molecule has 180 valence electrons. The second kappa shape index (κ2) is 10.4. The first kappa shape index (κ1) is 25.7. The molecular weight excluding hydrogens is 428 g/mol. The molecule has 1 heterocycles. The molecule has 0 saturated heterocycles. The topological polar surface area (TPSA) is 132 Å². The van der Waals surface area contributed by atoms with Gasteiger partial charge in [0.15, 0.2) is 0 Å². The number of rotatable bonds is 6. The second-order valence-corrected chi connectivity index (χ2v) is 9.48. The van der Waals surface area contributed by atoms with Crippen LogP contribution in [0.1, 0.15) is 65.8 Å². The Kier molecular flexibility index (Phi) is 8.08. The Bertz CT molecular complexity index is 970. The van der Waals surface area contributed by atoms with Crippen molar-refractivity contribution < 1.29 is 28.6 Å². The Labute approximate surface area is 193 Å². The number of nitrogens with one attached hydrogen (secondary N) is 3. The van der Waals surface area contributed by atoms with Crippen LogP contribution >= 0.6 is 0 Å². The van der Waals surface area contributed by atoms with Crippen molar-refractivity contribution >= 4 is 24.1 Å². The van der Waals surface area contributed by atoms with Gasteiger partial charge in [-0.3, -0.25) is 10.1 Å². The number of nitrogens with zero attached hydrogens (tertiary/aromatic N) is 1. The van der Waals surface area contributed by atoms with Crippen molar-refractivity contribution in [2.75, 3.05) is 5.32 Å². The molecule has 0 aliphatic carbocycles. The van der Waals surface area contributed by atoms with Crippen LogP contribution in [0.4, 0.5) is 15.5 Å². The van der Waals surface area contributed by atoms with Crippen molar-refractivity contribution in [1.82, 2.24) is 15.3 Å². The molecule has 10 heteroatoms. The lowest BCUT2D eigenvalue weighted by atomic mass is 10.0. The highest BCUT2D eigenvalue weighted by atomic mass is 16.7. The number of hydrogen-bond acceptors (Lipinski definition) is 7. The molecule has 3 N–H and O–H groups in total. The van der Waals surface area contributed by atoms with E-state index in [1.807, 2.05) is 0 Å². The first-order chi connectivity index (χ1) is 15.2. The normalized spacial score (nSPS) is 12.5. The zero-order valence-electron chi connectivity index (χ0n) is 20.1. The lowest BCUT2D eigenvalue weighted by Crippen LogP contribution is -2.36. The number of hydrogen-bond donors (Lipinski definition) is 3. The zero-order valence-corrected chi connectivity index (χ0v) is 20.1. The van der Waals surface area contributed by atoms with Gasteiger partial charge in [-0.05, 0) is 65.7 Å². The van der Waals surface area contributed by atoms with E-state index in [1.165, 1.54) is 13.1 Å². The summed E-state index contributed by atoms with van der Waals surface area (Å²) >= 11 is 0. The molecule has 2 rings (SSSR count). The molecule has 2 aromatic rings. The summed E-state index contributed by atoms with van der Waals surface area (Å²) in [6.07, 6.45) is 0.539. The van der Waals surface area contributed by atoms with E-state index in [0.717, 1.165) is 5.56 Å². The summed E-state index contributed by atoms with van der Waals surface area (Å²) in [7, 11) is 0. The van der Waals surface area contributed by atoms with Gasteiger partial charge < -0.3 is 24.5 Å². The van der Waals surface area contributed by atoms with E-state index in [9.17, 15) is 14.4 Å². The molecule has 0 fully saturated rings. The summed E-state index contributed by atoms with van der Waals surface area (Å²) in [5, 5.41) is 5.39. The van der Waals surface area contributed by atoms with Crippen LogP contribution in [0, 0.1) is 0 Å². The quantitative estimate of drug-likeness (QED) is 0.427. The third-order valence-electron chi connectivity index (χ3n) is 3.91. The van der Waals surface area contributed by atoms with Crippen molar-refractivity contribution in [3.63, 3.8) is 0 Å². The minimum absolute atomic E-state index is 0.270. The first-order valence-electron chi connectivity index (χ1n) is 10.5. The number of alkyl carbamates (subject to hydrolysis) is 1. The molecule has 0 unspecified atom stereocenters. The lowest BCUT2D eigenvalue weighted by Gasteiger charge is -2.23. The molecule has 1 atom stereocenters. The molecule has 0 saturated carbocycles. The molecule has 1 aromatic heterocycles. The van der Waals surface area contributed by atoms with E-state index in [-0.39, 0.29) is 11.9 Å². The summed E-state index contributed by atoms with van der Waals surface area (Å²) in [6.45, 7) is 12.0. The van der Waals surface area contributed by atoms with Crippen molar-refractivity contribution in [1.29, 1.82) is 0 Å². The van der Waals surface area contributed by atoms with Crippen molar-refractivity contribution in [3.05, 3.63) is 41.7 Å². The number of ether oxygens (including phenoxy) is 3. The maximum Gasteiger partial charge on any atom is 0.514 e. The van der Waals surface area contributed by atoms with Gasteiger partial charge in [0.25, 0.3) is 0 Å². The van der Waals surface area contributed by atoms with Crippen molar-refractivity contribution in [2.24, 2.45) is 0 Å². The van der Waals surface area contributed by atoms with Gasteiger partial charge in [-0.1, -0.05) is 12.1 Å². The molecule has 0 aliphatic rings. The molecule has 0 bridgehead atoms. The Hall–Kier alpha value is -3.56. The minimum Gasteiger partial charge on any atom is -0.444 e. The van der Waals surface area contributed by atoms with Gasteiger partial charge in [0.05, 0.1) is 17.9 Å². The van der Waals surface area contributed by atoms with Crippen LogP contribution in [-0.4, -0.2) is 39.3 Å². The minimum atomic E-state index is -0.789. The fourth-order valence-corrected chi connectivity index (χ4v) is 2.73. The highest BCUT2D eigenvalue weighted by Gasteiger charge is 2.23. The van der Waals surface area contributed by atoms with Crippen LogP contribution in [0.2, 0.25) is 0 Å². The van der Waals surface area contributed by atoms with Crippen LogP contribution in [-0.2, 0) is 20.7 Å². The van der Waals surface area contributed by atoms with Crippen LogP contribution in [0.15, 0.2) is 30.5 Å². The Morgan fingerprint density at radius 2 is 1.61 bits per heavy atom. The maximum atomic E-state index is 12.4. The molecular formula is C23H32N4O6. The highest BCUT2D eigenvalue weighted by molar-refractivity contribution is 5.86. The SMILES string of the molecule is CC(=O)Nc1ncc([C@H](Cc2ccc(OC(=O)OC(C)(C)C)cc2)NC(=O)OC(C)(C)C)[nH]1. The first-order valence-corrected chi connectivity index (χ1v) is 10.5. The monoisotopic (exact) mass is 460 g/mol. The van der Waals surface area contributed by atoms with Crippen molar-refractivity contribution in [2.45, 2.75) is 72.1 Å². The molecule has 33 heavy (non-hydrogen) atoms. The van der Waals surface area contributed by atoms with Crippen molar-refractivity contribution in [3.8, 4) is 5.75 Å². The summed E-state index contributed by atoms with van der Waals surface area (Å²) < 4.78 is 15.7. The Morgan fingerprint density at radius 1 is 1.00 bits per heavy atom. The van der Waals surface area contributed by atoms with Gasteiger partial charge >= 0.3 is 12.2 Å². The van der Waals surface area contributed by atoms with E-state index in [4.69, 9.17) is 14.2 Å². The third-order valence-corrected chi connectivity index (χ3v) is 3.91.